The summed E-state index contributed by atoms with van der Waals surface area (Å²) in [6.45, 7) is 4.24. The molecule has 2 heterocycles. The summed E-state index contributed by atoms with van der Waals surface area (Å²) in [5, 5.41) is 16.6. The van der Waals surface area contributed by atoms with Crippen molar-refractivity contribution in [2.45, 2.75) is 38.8 Å². The number of nitrogens with one attached hydrogen (secondary N) is 2. The molecule has 0 saturated carbocycles. The Morgan fingerprint density at radius 1 is 1.10 bits per heavy atom. The van der Waals surface area contributed by atoms with Crippen LogP contribution in [-0.4, -0.2) is 41.5 Å². The zero-order valence-electron chi connectivity index (χ0n) is 16.9. The van der Waals surface area contributed by atoms with Gasteiger partial charge in [0, 0.05) is 11.6 Å². The number of para-hydroxylation sites is 1. The standard InChI is InChI=1S/C22H25N3O5/c1-13(2)10-17(24-21(27)19-8-5-9-30-19)20(26)25-18(22(28)29)11-14-12-23-16-7-4-3-6-15(14)16/h3-9,13,17-18H,10-12H2,1-2H3,(H,24,27)(H,25,26)(H,28,29)/t17-,18-/m0/s1. The SMILES string of the molecule is CC(C)C[C@H](NC(=O)c1ccco1)C(=O)N[C@@H](CC1=c2ccccc2=NC1)C(=O)O. The van der Waals surface area contributed by atoms with Crippen LogP contribution < -0.4 is 21.2 Å². The molecule has 1 aromatic carbocycles. The molecule has 3 N–H and O–H groups in total. The van der Waals surface area contributed by atoms with Crippen LogP contribution in [0, 0.1) is 5.92 Å². The molecule has 0 unspecified atom stereocenters. The quantitative estimate of drug-likeness (QED) is 0.565. The third-order valence-corrected chi connectivity index (χ3v) is 4.86. The maximum atomic E-state index is 12.9. The number of fused-ring (bicyclic) bond motifs is 1. The summed E-state index contributed by atoms with van der Waals surface area (Å²) < 4.78 is 5.07. The zero-order chi connectivity index (χ0) is 21.7. The van der Waals surface area contributed by atoms with E-state index in [1.165, 1.54) is 12.3 Å². The summed E-state index contributed by atoms with van der Waals surface area (Å²) in [5.74, 6) is -2.01. The average Bonchev–Trinajstić information content (AvgIpc) is 3.37. The van der Waals surface area contributed by atoms with Gasteiger partial charge in [-0.05, 0) is 36.1 Å². The monoisotopic (exact) mass is 411 g/mol. The first-order chi connectivity index (χ1) is 14.3. The highest BCUT2D eigenvalue weighted by Crippen LogP contribution is 2.11. The van der Waals surface area contributed by atoms with Crippen molar-refractivity contribution in [2.75, 3.05) is 6.54 Å². The summed E-state index contributed by atoms with van der Waals surface area (Å²) in [5.41, 5.74) is 0.860. The summed E-state index contributed by atoms with van der Waals surface area (Å²) in [4.78, 5) is 41.4. The van der Waals surface area contributed by atoms with Gasteiger partial charge in [0.1, 0.15) is 12.1 Å². The largest absolute Gasteiger partial charge is 0.480 e. The van der Waals surface area contributed by atoms with Gasteiger partial charge in [-0.15, -0.1) is 0 Å². The van der Waals surface area contributed by atoms with Gasteiger partial charge in [0.2, 0.25) is 5.91 Å². The molecular weight excluding hydrogens is 386 g/mol. The molecule has 2 atom stereocenters. The van der Waals surface area contributed by atoms with Gasteiger partial charge in [0.25, 0.3) is 5.91 Å². The molecule has 1 aromatic heterocycles. The van der Waals surface area contributed by atoms with Crippen molar-refractivity contribution in [3.63, 3.8) is 0 Å². The van der Waals surface area contributed by atoms with E-state index in [0.29, 0.717) is 13.0 Å². The summed E-state index contributed by atoms with van der Waals surface area (Å²) in [6.07, 6.45) is 1.87. The number of amides is 2. The first-order valence-electron chi connectivity index (χ1n) is 9.84. The second kappa shape index (κ2) is 9.39. The van der Waals surface area contributed by atoms with E-state index >= 15 is 0 Å². The molecule has 0 aliphatic carbocycles. The Hall–Kier alpha value is -3.42. The normalized spacial score (nSPS) is 14.6. The van der Waals surface area contributed by atoms with Crippen LogP contribution in [0.25, 0.3) is 5.57 Å². The molecule has 1 aliphatic heterocycles. The molecule has 0 radical (unpaired) electrons. The Morgan fingerprint density at radius 3 is 2.53 bits per heavy atom. The predicted octanol–water partition coefficient (Wildman–Crippen LogP) is 0.868. The van der Waals surface area contributed by atoms with Crippen LogP contribution in [0.15, 0.2) is 52.1 Å². The first kappa shape index (κ1) is 21.3. The molecule has 0 saturated heterocycles. The Balaban J connectivity index is 1.74. The minimum absolute atomic E-state index is 0.0890. The molecule has 8 heteroatoms. The molecule has 0 spiro atoms. The number of hydrogen-bond acceptors (Lipinski definition) is 5. The number of hydrogen-bond donors (Lipinski definition) is 3. The number of benzene rings is 1. The lowest BCUT2D eigenvalue weighted by atomic mass is 10.0. The van der Waals surface area contributed by atoms with Gasteiger partial charge >= 0.3 is 5.97 Å². The van der Waals surface area contributed by atoms with E-state index in [0.717, 1.165) is 16.1 Å². The van der Waals surface area contributed by atoms with E-state index in [4.69, 9.17) is 4.42 Å². The fourth-order valence-corrected chi connectivity index (χ4v) is 3.41. The fourth-order valence-electron chi connectivity index (χ4n) is 3.41. The lowest BCUT2D eigenvalue weighted by molar-refractivity contribution is -0.142. The van der Waals surface area contributed by atoms with Crippen molar-refractivity contribution < 1.29 is 23.9 Å². The number of nitrogens with zero attached hydrogens (tertiary/aromatic N) is 1. The minimum Gasteiger partial charge on any atom is -0.480 e. The van der Waals surface area contributed by atoms with Gasteiger partial charge < -0.3 is 20.2 Å². The van der Waals surface area contributed by atoms with Gasteiger partial charge in [-0.2, -0.15) is 0 Å². The Bertz CT molecular complexity index is 1040. The van der Waals surface area contributed by atoms with E-state index in [-0.39, 0.29) is 18.1 Å². The highest BCUT2D eigenvalue weighted by Gasteiger charge is 2.29. The lowest BCUT2D eigenvalue weighted by Crippen LogP contribution is -2.52. The lowest BCUT2D eigenvalue weighted by Gasteiger charge is -2.22. The average molecular weight is 411 g/mol. The molecule has 30 heavy (non-hydrogen) atoms. The fraction of sp³-hybridized carbons (Fsp3) is 0.364. The molecule has 158 valence electrons. The Morgan fingerprint density at radius 2 is 1.87 bits per heavy atom. The number of carbonyl (C=O) groups excluding carboxylic acids is 2. The number of aliphatic carboxylic acids is 1. The van der Waals surface area contributed by atoms with Crippen molar-refractivity contribution in [3.05, 3.63) is 59.0 Å². The van der Waals surface area contributed by atoms with Crippen LogP contribution >= 0.6 is 0 Å². The Labute approximate surface area is 173 Å². The summed E-state index contributed by atoms with van der Waals surface area (Å²) in [7, 11) is 0. The van der Waals surface area contributed by atoms with Crippen LogP contribution in [0.5, 0.6) is 0 Å². The number of carboxylic acids is 1. The van der Waals surface area contributed by atoms with E-state index in [1.54, 1.807) is 6.07 Å². The molecule has 3 rings (SSSR count). The van der Waals surface area contributed by atoms with E-state index in [1.807, 2.05) is 38.1 Å². The number of carboxylic acid groups (broad SMARTS) is 1. The smallest absolute Gasteiger partial charge is 0.326 e. The van der Waals surface area contributed by atoms with E-state index < -0.39 is 29.9 Å². The van der Waals surface area contributed by atoms with E-state index in [9.17, 15) is 19.5 Å². The highest BCUT2D eigenvalue weighted by molar-refractivity contribution is 5.96. The maximum absolute atomic E-state index is 12.9. The third kappa shape index (κ3) is 5.14. The topological polar surface area (TPSA) is 121 Å². The molecule has 2 amide bonds. The van der Waals surface area contributed by atoms with E-state index in [2.05, 4.69) is 15.6 Å². The number of furan rings is 1. The van der Waals surface area contributed by atoms with Crippen LogP contribution in [-0.2, 0) is 9.59 Å². The zero-order valence-corrected chi connectivity index (χ0v) is 16.9. The van der Waals surface area contributed by atoms with Gasteiger partial charge in [-0.1, -0.05) is 32.0 Å². The van der Waals surface area contributed by atoms with Crippen LogP contribution in [0.3, 0.4) is 0 Å². The van der Waals surface area contributed by atoms with Crippen molar-refractivity contribution >= 4 is 23.4 Å². The number of rotatable bonds is 9. The third-order valence-electron chi connectivity index (χ3n) is 4.86. The van der Waals surface area contributed by atoms with Crippen LogP contribution in [0.2, 0.25) is 0 Å². The predicted molar refractivity (Wildman–Crippen MR) is 109 cm³/mol. The van der Waals surface area contributed by atoms with Gasteiger partial charge in [0.05, 0.1) is 18.2 Å². The molecule has 0 fully saturated rings. The molecule has 0 bridgehead atoms. The van der Waals surface area contributed by atoms with Crippen LogP contribution in [0.4, 0.5) is 0 Å². The van der Waals surface area contributed by atoms with Crippen molar-refractivity contribution in [3.8, 4) is 0 Å². The van der Waals surface area contributed by atoms with Gasteiger partial charge in [0.15, 0.2) is 5.76 Å². The highest BCUT2D eigenvalue weighted by atomic mass is 16.4. The summed E-state index contributed by atoms with van der Waals surface area (Å²) in [6, 6.07) is 8.59. The molecule has 2 aromatic rings. The van der Waals surface area contributed by atoms with Crippen molar-refractivity contribution in [1.82, 2.24) is 10.6 Å². The Kier molecular flexibility index (Phi) is 6.66. The second-order valence-corrected chi connectivity index (χ2v) is 7.67. The summed E-state index contributed by atoms with van der Waals surface area (Å²) >= 11 is 0. The molecular formula is C22H25N3O5. The maximum Gasteiger partial charge on any atom is 0.326 e. The van der Waals surface area contributed by atoms with Gasteiger partial charge in [-0.3, -0.25) is 14.6 Å². The first-order valence-corrected chi connectivity index (χ1v) is 9.84. The number of carbonyl (C=O) groups is 3. The molecule has 1 aliphatic rings. The van der Waals surface area contributed by atoms with Crippen molar-refractivity contribution in [2.24, 2.45) is 10.9 Å². The molecule has 8 nitrogen and oxygen atoms in total. The van der Waals surface area contributed by atoms with Crippen molar-refractivity contribution in [1.29, 1.82) is 0 Å². The van der Waals surface area contributed by atoms with Gasteiger partial charge in [-0.25, -0.2) is 4.79 Å². The second-order valence-electron chi connectivity index (χ2n) is 7.67. The van der Waals surface area contributed by atoms with Crippen LogP contribution in [0.1, 0.15) is 37.2 Å². The minimum atomic E-state index is -1.14.